The van der Waals surface area contributed by atoms with E-state index in [4.69, 9.17) is 0 Å². The van der Waals surface area contributed by atoms with Crippen LogP contribution in [0.25, 0.3) is 0 Å². The maximum absolute atomic E-state index is 2.35. The maximum Gasteiger partial charge on any atom is 0.0363 e. The van der Waals surface area contributed by atoms with E-state index < -0.39 is 0 Å². The minimum atomic E-state index is 0.838. The van der Waals surface area contributed by atoms with E-state index in [9.17, 15) is 0 Å². The van der Waals surface area contributed by atoms with Crippen LogP contribution in [0.15, 0.2) is 24.3 Å². The normalized spacial score (nSPS) is 10.8. The summed E-state index contributed by atoms with van der Waals surface area (Å²) in [7, 11) is 2.18. The Morgan fingerprint density at radius 1 is 1.06 bits per heavy atom. The number of hydrogen-bond acceptors (Lipinski definition) is 1. The molecule has 1 aromatic rings. The topological polar surface area (TPSA) is 3.24 Å². The number of hydrogen-bond donors (Lipinski definition) is 0. The second-order valence-electron chi connectivity index (χ2n) is 5.15. The molecule has 0 aliphatic rings. The number of benzene rings is 1. The van der Waals surface area contributed by atoms with Gasteiger partial charge in [-0.3, -0.25) is 0 Å². The zero-order valence-electron chi connectivity index (χ0n) is 11.2. The smallest absolute Gasteiger partial charge is 0.0363 e. The number of nitrogens with zero attached hydrogens (tertiary/aromatic N) is 1. The molecule has 0 fully saturated rings. The molecule has 0 unspecified atom stereocenters. The molecule has 1 aromatic carbocycles. The average Bonchev–Trinajstić information content (AvgIpc) is 2.25. The number of anilines is 1. The molecule has 0 aliphatic carbocycles. The Kier molecular flexibility index (Phi) is 5.37. The molecule has 0 N–H and O–H groups in total. The van der Waals surface area contributed by atoms with E-state index in [2.05, 4.69) is 57.0 Å². The van der Waals surface area contributed by atoms with Gasteiger partial charge in [-0.25, -0.2) is 0 Å². The summed E-state index contributed by atoms with van der Waals surface area (Å²) in [4.78, 5) is 2.35. The van der Waals surface area contributed by atoms with Gasteiger partial charge >= 0.3 is 0 Å². The van der Waals surface area contributed by atoms with Crippen molar-refractivity contribution in [1.29, 1.82) is 0 Å². The quantitative estimate of drug-likeness (QED) is 0.646. The maximum atomic E-state index is 2.35. The number of aryl methyl sites for hydroxylation is 1. The van der Waals surface area contributed by atoms with Crippen molar-refractivity contribution in [1.82, 2.24) is 0 Å². The summed E-state index contributed by atoms with van der Waals surface area (Å²) >= 11 is 0. The van der Waals surface area contributed by atoms with Gasteiger partial charge < -0.3 is 4.90 Å². The van der Waals surface area contributed by atoms with E-state index >= 15 is 0 Å². The van der Waals surface area contributed by atoms with Gasteiger partial charge in [0.1, 0.15) is 0 Å². The summed E-state index contributed by atoms with van der Waals surface area (Å²) in [6.45, 7) is 7.88. The summed E-state index contributed by atoms with van der Waals surface area (Å²) in [5.74, 6) is 0.838. The van der Waals surface area contributed by atoms with Gasteiger partial charge in [0, 0.05) is 19.3 Å². The first-order chi connectivity index (χ1) is 7.59. The first-order valence-corrected chi connectivity index (χ1v) is 6.37. The highest BCUT2D eigenvalue weighted by Gasteiger charge is 2.00. The van der Waals surface area contributed by atoms with E-state index in [1.807, 2.05) is 0 Å². The average molecular weight is 219 g/mol. The molecule has 0 aromatic heterocycles. The molecule has 1 rings (SSSR count). The van der Waals surface area contributed by atoms with E-state index in [0.29, 0.717) is 0 Å². The molecule has 0 heterocycles. The molecule has 90 valence electrons. The van der Waals surface area contributed by atoms with Gasteiger partial charge in [0.05, 0.1) is 0 Å². The minimum Gasteiger partial charge on any atom is -0.375 e. The highest BCUT2D eigenvalue weighted by atomic mass is 15.1. The third-order valence-corrected chi connectivity index (χ3v) is 3.00. The van der Waals surface area contributed by atoms with Crippen molar-refractivity contribution < 1.29 is 0 Å². The zero-order chi connectivity index (χ0) is 12.0. The van der Waals surface area contributed by atoms with E-state index in [1.54, 1.807) is 0 Å². The Morgan fingerprint density at radius 2 is 1.69 bits per heavy atom. The van der Waals surface area contributed by atoms with Gasteiger partial charge in [-0.15, -0.1) is 0 Å². The fraction of sp³-hybridized carbons (Fsp3) is 0.600. The summed E-state index contributed by atoms with van der Waals surface area (Å²) in [6, 6.07) is 8.77. The van der Waals surface area contributed by atoms with Crippen LogP contribution < -0.4 is 4.90 Å². The predicted octanol–water partition coefficient (Wildman–Crippen LogP) is 4.26. The largest absolute Gasteiger partial charge is 0.375 e. The van der Waals surface area contributed by atoms with Gasteiger partial charge in [-0.1, -0.05) is 44.4 Å². The second-order valence-corrected chi connectivity index (χ2v) is 5.15. The van der Waals surface area contributed by atoms with Crippen molar-refractivity contribution in [2.75, 3.05) is 18.5 Å². The van der Waals surface area contributed by atoms with Crippen molar-refractivity contribution in [3.05, 3.63) is 29.8 Å². The molecule has 0 spiro atoms. The van der Waals surface area contributed by atoms with Crippen LogP contribution in [0.1, 0.15) is 38.7 Å². The van der Waals surface area contributed by atoms with Crippen molar-refractivity contribution >= 4 is 5.69 Å². The van der Waals surface area contributed by atoms with Gasteiger partial charge in [0.2, 0.25) is 0 Å². The first kappa shape index (κ1) is 13.1. The van der Waals surface area contributed by atoms with Crippen molar-refractivity contribution in [3.8, 4) is 0 Å². The Labute approximate surface area is 100 Å². The molecule has 0 aliphatic heterocycles. The predicted molar refractivity (Wildman–Crippen MR) is 73.1 cm³/mol. The van der Waals surface area contributed by atoms with Gasteiger partial charge in [-0.05, 0) is 31.4 Å². The Morgan fingerprint density at radius 3 is 2.25 bits per heavy atom. The standard InChI is InChI=1S/C15H25N/c1-13(2)7-5-6-12-16(4)15-10-8-14(3)9-11-15/h8-11,13H,5-7,12H2,1-4H3. The summed E-state index contributed by atoms with van der Waals surface area (Å²) in [5, 5.41) is 0. The second kappa shape index (κ2) is 6.57. The Hall–Kier alpha value is -0.980. The number of rotatable bonds is 6. The molecule has 0 atom stereocenters. The Bertz CT molecular complexity index is 287. The van der Waals surface area contributed by atoms with Crippen LogP contribution in [0.3, 0.4) is 0 Å². The third-order valence-electron chi connectivity index (χ3n) is 3.00. The van der Waals surface area contributed by atoms with Crippen LogP contribution in [0.2, 0.25) is 0 Å². The SMILES string of the molecule is Cc1ccc(N(C)CCCCC(C)C)cc1. The van der Waals surface area contributed by atoms with Crippen LogP contribution in [0.4, 0.5) is 5.69 Å². The fourth-order valence-corrected chi connectivity index (χ4v) is 1.83. The molecule has 0 radical (unpaired) electrons. The lowest BCUT2D eigenvalue weighted by molar-refractivity contribution is 0.538. The molecule has 1 heteroatoms. The molecule has 0 amide bonds. The van der Waals surface area contributed by atoms with E-state index in [0.717, 1.165) is 12.5 Å². The van der Waals surface area contributed by atoms with Gasteiger partial charge in [-0.2, -0.15) is 0 Å². The number of unbranched alkanes of at least 4 members (excludes halogenated alkanes) is 1. The third kappa shape index (κ3) is 4.69. The molecule has 1 nitrogen and oxygen atoms in total. The minimum absolute atomic E-state index is 0.838. The molecule has 0 bridgehead atoms. The lowest BCUT2D eigenvalue weighted by Gasteiger charge is -2.19. The van der Waals surface area contributed by atoms with E-state index in [-0.39, 0.29) is 0 Å². The molecule has 16 heavy (non-hydrogen) atoms. The van der Waals surface area contributed by atoms with Crippen LogP contribution >= 0.6 is 0 Å². The summed E-state index contributed by atoms with van der Waals surface area (Å²) in [5.41, 5.74) is 2.66. The first-order valence-electron chi connectivity index (χ1n) is 6.37. The molecule has 0 saturated heterocycles. The Balaban J connectivity index is 2.29. The van der Waals surface area contributed by atoms with Crippen LogP contribution in [-0.4, -0.2) is 13.6 Å². The lowest BCUT2D eigenvalue weighted by Crippen LogP contribution is -2.18. The molecule has 0 saturated carbocycles. The zero-order valence-corrected chi connectivity index (χ0v) is 11.2. The van der Waals surface area contributed by atoms with Crippen LogP contribution in [0, 0.1) is 12.8 Å². The summed E-state index contributed by atoms with van der Waals surface area (Å²) in [6.07, 6.45) is 3.98. The van der Waals surface area contributed by atoms with Gasteiger partial charge in [0.25, 0.3) is 0 Å². The fourth-order valence-electron chi connectivity index (χ4n) is 1.83. The highest BCUT2D eigenvalue weighted by Crippen LogP contribution is 2.14. The van der Waals surface area contributed by atoms with Crippen molar-refractivity contribution in [3.63, 3.8) is 0 Å². The summed E-state index contributed by atoms with van der Waals surface area (Å²) < 4.78 is 0. The monoisotopic (exact) mass is 219 g/mol. The molecular weight excluding hydrogens is 194 g/mol. The molecular formula is C15H25N. The highest BCUT2D eigenvalue weighted by molar-refractivity contribution is 5.46. The van der Waals surface area contributed by atoms with Crippen molar-refractivity contribution in [2.45, 2.75) is 40.0 Å². The van der Waals surface area contributed by atoms with Gasteiger partial charge in [0.15, 0.2) is 0 Å². The lowest BCUT2D eigenvalue weighted by atomic mass is 10.1. The van der Waals surface area contributed by atoms with Crippen LogP contribution in [0.5, 0.6) is 0 Å². The van der Waals surface area contributed by atoms with E-state index in [1.165, 1.54) is 30.5 Å². The van der Waals surface area contributed by atoms with Crippen molar-refractivity contribution in [2.24, 2.45) is 5.92 Å². The van der Waals surface area contributed by atoms with Crippen LogP contribution in [-0.2, 0) is 0 Å².